The first-order valence-electron chi connectivity index (χ1n) is 12.1. The Balaban J connectivity index is 1.74. The number of Topliss-reactive ketones (excluding diaryl/α,β-unsaturated/α-hetero) is 2. The Bertz CT molecular complexity index is 1380. The first-order chi connectivity index (χ1) is 16.8. The Morgan fingerprint density at radius 1 is 0.829 bits per heavy atom. The van der Waals surface area contributed by atoms with Crippen LogP contribution in [0.3, 0.4) is 0 Å². The van der Waals surface area contributed by atoms with Crippen LogP contribution < -0.4 is 4.90 Å². The number of anilines is 2. The number of benzene rings is 3. The van der Waals surface area contributed by atoms with E-state index in [1.54, 1.807) is 30.3 Å². The number of halogens is 1. The molecule has 35 heavy (non-hydrogen) atoms. The summed E-state index contributed by atoms with van der Waals surface area (Å²) in [5, 5.41) is 0.687. The fraction of sp³-hybridized carbons (Fsp3) is 0.226. The second kappa shape index (κ2) is 8.66. The molecule has 0 radical (unpaired) electrons. The molecular formula is C31H28ClNO2. The van der Waals surface area contributed by atoms with E-state index in [0.29, 0.717) is 16.1 Å². The lowest BCUT2D eigenvalue weighted by Crippen LogP contribution is -2.24. The number of carbonyl (C=O) groups excluding carboxylic acids is 2. The third-order valence-electron chi connectivity index (χ3n) is 7.26. The molecule has 0 saturated heterocycles. The van der Waals surface area contributed by atoms with Crippen molar-refractivity contribution in [3.63, 3.8) is 0 Å². The molecule has 1 aliphatic carbocycles. The third-order valence-corrected chi connectivity index (χ3v) is 7.49. The maximum atomic E-state index is 13.0. The van der Waals surface area contributed by atoms with Crippen molar-refractivity contribution in [2.24, 2.45) is 0 Å². The van der Waals surface area contributed by atoms with Gasteiger partial charge in [0.25, 0.3) is 0 Å². The third kappa shape index (κ3) is 3.57. The minimum Gasteiger partial charge on any atom is -0.312 e. The Morgan fingerprint density at radius 3 is 2.00 bits per heavy atom. The zero-order valence-electron chi connectivity index (χ0n) is 20.5. The number of nitrogens with zero attached hydrogens (tertiary/aromatic N) is 1. The lowest BCUT2D eigenvalue weighted by atomic mass is 9.83. The van der Waals surface area contributed by atoms with Crippen molar-refractivity contribution in [3.05, 3.63) is 117 Å². The highest BCUT2D eigenvalue weighted by Gasteiger charge is 2.42. The first kappa shape index (κ1) is 23.3. The predicted octanol–water partition coefficient (Wildman–Crippen LogP) is 7.78. The normalized spacial score (nSPS) is 17.2. The number of hydrogen-bond acceptors (Lipinski definition) is 3. The SMILES string of the molecule is CCc1cccc(CC)c1N1/C(=C/C=C2C(=O)c3ccccc3C2=O)C(C)(C)c2cc(Cl)ccc21. The van der Waals surface area contributed by atoms with E-state index in [-0.39, 0.29) is 22.6 Å². The zero-order chi connectivity index (χ0) is 24.9. The molecule has 3 aromatic rings. The Kier molecular flexibility index (Phi) is 5.77. The van der Waals surface area contributed by atoms with Crippen LogP contribution in [0.4, 0.5) is 11.4 Å². The van der Waals surface area contributed by atoms with Crippen LogP contribution in [0.1, 0.15) is 65.1 Å². The summed E-state index contributed by atoms with van der Waals surface area (Å²) in [5.74, 6) is -0.429. The fourth-order valence-corrected chi connectivity index (χ4v) is 5.54. The molecule has 176 valence electrons. The van der Waals surface area contributed by atoms with Crippen molar-refractivity contribution in [1.29, 1.82) is 0 Å². The molecule has 1 heterocycles. The van der Waals surface area contributed by atoms with E-state index in [1.807, 2.05) is 18.2 Å². The van der Waals surface area contributed by atoms with Gasteiger partial charge in [0.2, 0.25) is 0 Å². The number of aryl methyl sites for hydroxylation is 2. The molecule has 0 unspecified atom stereocenters. The Morgan fingerprint density at radius 2 is 1.43 bits per heavy atom. The fourth-order valence-electron chi connectivity index (χ4n) is 5.36. The van der Waals surface area contributed by atoms with Gasteiger partial charge in [-0.05, 0) is 59.9 Å². The van der Waals surface area contributed by atoms with Crippen molar-refractivity contribution in [1.82, 2.24) is 0 Å². The molecule has 3 nitrogen and oxygen atoms in total. The van der Waals surface area contributed by atoms with Crippen molar-refractivity contribution >= 4 is 34.5 Å². The van der Waals surface area contributed by atoms with Crippen molar-refractivity contribution in [2.75, 3.05) is 4.90 Å². The van der Waals surface area contributed by atoms with E-state index in [1.165, 1.54) is 16.8 Å². The Hall–Kier alpha value is -3.43. The smallest absolute Gasteiger partial charge is 0.197 e. The average Bonchev–Trinajstić information content (AvgIpc) is 3.23. The Labute approximate surface area is 211 Å². The molecule has 0 fully saturated rings. The van der Waals surface area contributed by atoms with Crippen LogP contribution in [0.25, 0.3) is 0 Å². The molecule has 0 aromatic heterocycles. The first-order valence-corrected chi connectivity index (χ1v) is 12.5. The summed E-state index contributed by atoms with van der Waals surface area (Å²) >= 11 is 6.44. The average molecular weight is 482 g/mol. The summed E-state index contributed by atoms with van der Waals surface area (Å²) < 4.78 is 0. The number of hydrogen-bond donors (Lipinski definition) is 0. The molecule has 0 amide bonds. The standard InChI is InChI=1S/C31H28ClNO2/c1-5-19-10-9-11-20(6-2)28(19)33-26-16-14-21(32)18-25(26)31(3,4)27(33)17-15-24-29(34)22-12-7-8-13-23(22)30(24)35/h7-18H,5-6H2,1-4H3/b27-17+. The van der Waals surface area contributed by atoms with Crippen LogP contribution in [-0.4, -0.2) is 11.6 Å². The second-order valence-electron chi connectivity index (χ2n) is 9.59. The molecule has 0 bridgehead atoms. The second-order valence-corrected chi connectivity index (χ2v) is 10.0. The van der Waals surface area contributed by atoms with Gasteiger partial charge >= 0.3 is 0 Å². The predicted molar refractivity (Wildman–Crippen MR) is 143 cm³/mol. The van der Waals surface area contributed by atoms with Gasteiger partial charge in [-0.1, -0.05) is 81.8 Å². The minimum absolute atomic E-state index is 0.211. The van der Waals surface area contributed by atoms with E-state index in [4.69, 9.17) is 11.6 Å². The number of ketones is 2. The van der Waals surface area contributed by atoms with Crippen LogP contribution in [0.15, 0.2) is 84.1 Å². The van der Waals surface area contributed by atoms with Crippen molar-refractivity contribution < 1.29 is 9.59 Å². The van der Waals surface area contributed by atoms with Gasteiger partial charge in [-0.2, -0.15) is 0 Å². The van der Waals surface area contributed by atoms with Gasteiger partial charge in [0.05, 0.1) is 16.9 Å². The minimum atomic E-state index is -0.388. The molecule has 0 spiro atoms. The van der Waals surface area contributed by atoms with E-state index in [9.17, 15) is 9.59 Å². The molecule has 1 aliphatic heterocycles. The molecule has 0 saturated carbocycles. The quantitative estimate of drug-likeness (QED) is 0.282. The van der Waals surface area contributed by atoms with E-state index in [2.05, 4.69) is 56.9 Å². The van der Waals surface area contributed by atoms with Crippen LogP contribution in [0, 0.1) is 0 Å². The number of rotatable bonds is 4. The molecule has 5 rings (SSSR count). The van der Waals surface area contributed by atoms with Gasteiger partial charge < -0.3 is 4.90 Å². The van der Waals surface area contributed by atoms with Crippen LogP contribution in [0.5, 0.6) is 0 Å². The maximum Gasteiger partial charge on any atom is 0.197 e. The van der Waals surface area contributed by atoms with E-state index in [0.717, 1.165) is 29.8 Å². The maximum absolute atomic E-state index is 13.0. The summed E-state index contributed by atoms with van der Waals surface area (Å²) in [7, 11) is 0. The van der Waals surface area contributed by atoms with Crippen molar-refractivity contribution in [2.45, 2.75) is 46.0 Å². The van der Waals surface area contributed by atoms with Gasteiger partial charge in [0.1, 0.15) is 0 Å². The van der Waals surface area contributed by atoms with Gasteiger partial charge in [-0.15, -0.1) is 0 Å². The van der Waals surface area contributed by atoms with Crippen LogP contribution in [-0.2, 0) is 18.3 Å². The summed E-state index contributed by atoms with van der Waals surface area (Å²) in [5.41, 5.74) is 7.65. The molecule has 4 heteroatoms. The van der Waals surface area contributed by atoms with Crippen LogP contribution in [0.2, 0.25) is 5.02 Å². The molecular weight excluding hydrogens is 454 g/mol. The zero-order valence-corrected chi connectivity index (χ0v) is 21.2. The topological polar surface area (TPSA) is 37.4 Å². The van der Waals surface area contributed by atoms with Gasteiger partial charge in [-0.25, -0.2) is 0 Å². The molecule has 2 aliphatic rings. The summed E-state index contributed by atoms with van der Waals surface area (Å²) in [6.45, 7) is 8.67. The largest absolute Gasteiger partial charge is 0.312 e. The molecule has 0 atom stereocenters. The molecule has 3 aromatic carbocycles. The highest BCUT2D eigenvalue weighted by Crippen LogP contribution is 2.53. The highest BCUT2D eigenvalue weighted by molar-refractivity contribution is 6.39. The van der Waals surface area contributed by atoms with Gasteiger partial charge in [0, 0.05) is 27.3 Å². The highest BCUT2D eigenvalue weighted by atomic mass is 35.5. The van der Waals surface area contributed by atoms with Crippen LogP contribution >= 0.6 is 11.6 Å². The van der Waals surface area contributed by atoms with E-state index >= 15 is 0 Å². The monoisotopic (exact) mass is 481 g/mol. The number of fused-ring (bicyclic) bond motifs is 2. The van der Waals surface area contributed by atoms with E-state index < -0.39 is 0 Å². The molecule has 0 N–H and O–H groups in total. The summed E-state index contributed by atoms with van der Waals surface area (Å²) in [6.07, 6.45) is 5.45. The number of allylic oxidation sites excluding steroid dienone is 4. The summed E-state index contributed by atoms with van der Waals surface area (Å²) in [4.78, 5) is 28.4. The van der Waals surface area contributed by atoms with Gasteiger partial charge in [-0.3, -0.25) is 9.59 Å². The number of para-hydroxylation sites is 1. The van der Waals surface area contributed by atoms with Gasteiger partial charge in [0.15, 0.2) is 11.6 Å². The summed E-state index contributed by atoms with van der Waals surface area (Å²) in [6, 6.07) is 19.5. The lowest BCUT2D eigenvalue weighted by Gasteiger charge is -2.30. The van der Waals surface area contributed by atoms with Crippen molar-refractivity contribution in [3.8, 4) is 0 Å². The lowest BCUT2D eigenvalue weighted by molar-refractivity contribution is 0.0988. The number of carbonyl (C=O) groups is 2.